The Bertz CT molecular complexity index is 960. The molecule has 0 fully saturated rings. The molecule has 0 spiro atoms. The first-order valence-electron chi connectivity index (χ1n) is 7.90. The lowest BCUT2D eigenvalue weighted by molar-refractivity contribution is -0.162. The minimum atomic E-state index is -6.01. The van der Waals surface area contributed by atoms with Crippen LogP contribution in [0.25, 0.3) is 0 Å². The molecule has 0 saturated carbocycles. The average molecular weight is 514 g/mol. The van der Waals surface area contributed by atoms with E-state index in [-0.39, 0.29) is 11.5 Å². The number of esters is 2. The van der Waals surface area contributed by atoms with E-state index in [4.69, 9.17) is 18.6 Å². The third-order valence-electron chi connectivity index (χ3n) is 3.10. The maximum absolute atomic E-state index is 13.0. The summed E-state index contributed by atoms with van der Waals surface area (Å²) in [7, 11) is -12.0. The van der Waals surface area contributed by atoms with Gasteiger partial charge in [-0.1, -0.05) is 6.07 Å². The average Bonchev–Trinajstić information content (AvgIpc) is 2.66. The van der Waals surface area contributed by atoms with Gasteiger partial charge in [-0.3, -0.25) is 9.11 Å². The molecule has 32 heavy (non-hydrogen) atoms. The predicted molar refractivity (Wildman–Crippen MR) is 92.3 cm³/mol. The molecule has 182 valence electrons. The molecule has 0 radical (unpaired) electrons. The fraction of sp³-hybridized carbons (Fsp3) is 0.429. The lowest BCUT2D eigenvalue weighted by atomic mass is 10.3. The SMILES string of the molecule is O=C(OCCOc1cccc(OCCOC(=O)C(F)(F)S(=O)(=O)O)c1)C(F)(F)S(=O)(=O)O. The van der Waals surface area contributed by atoms with E-state index in [0.29, 0.717) is 0 Å². The number of alkyl halides is 4. The summed E-state index contributed by atoms with van der Waals surface area (Å²) >= 11 is 0. The molecular weight excluding hydrogens is 500 g/mol. The van der Waals surface area contributed by atoms with Crippen molar-refractivity contribution in [3.8, 4) is 11.5 Å². The Morgan fingerprint density at radius 1 is 0.750 bits per heavy atom. The quantitative estimate of drug-likeness (QED) is 0.171. The van der Waals surface area contributed by atoms with Crippen molar-refractivity contribution in [1.29, 1.82) is 0 Å². The normalized spacial score (nSPS) is 12.7. The van der Waals surface area contributed by atoms with Gasteiger partial charge in [-0.05, 0) is 12.1 Å². The van der Waals surface area contributed by atoms with Crippen LogP contribution >= 0.6 is 0 Å². The topological polar surface area (TPSA) is 180 Å². The van der Waals surface area contributed by atoms with Crippen LogP contribution in [0.2, 0.25) is 0 Å². The third kappa shape index (κ3) is 7.18. The van der Waals surface area contributed by atoms with E-state index >= 15 is 0 Å². The molecular formula is C14H14F4O12S2. The van der Waals surface area contributed by atoms with Gasteiger partial charge in [0.15, 0.2) is 0 Å². The molecule has 0 aliphatic heterocycles. The van der Waals surface area contributed by atoms with E-state index in [1.807, 2.05) is 0 Å². The Kier molecular flexibility index (Phi) is 8.78. The highest BCUT2D eigenvalue weighted by molar-refractivity contribution is 7.88. The monoisotopic (exact) mass is 514 g/mol. The summed E-state index contributed by atoms with van der Waals surface area (Å²) in [5.74, 6) is -4.99. The minimum absolute atomic E-state index is 0.0231. The first-order valence-corrected chi connectivity index (χ1v) is 10.8. The molecule has 1 aromatic carbocycles. The van der Waals surface area contributed by atoms with Gasteiger partial charge in [0.25, 0.3) is 0 Å². The second kappa shape index (κ2) is 10.3. The molecule has 1 aromatic rings. The molecule has 1 rings (SSSR count). The van der Waals surface area contributed by atoms with Crippen LogP contribution in [-0.4, -0.2) is 74.8 Å². The van der Waals surface area contributed by atoms with Gasteiger partial charge in [-0.15, -0.1) is 0 Å². The van der Waals surface area contributed by atoms with Crippen molar-refractivity contribution in [2.75, 3.05) is 26.4 Å². The maximum atomic E-state index is 13.0. The molecule has 0 aromatic heterocycles. The number of carbonyl (C=O) groups excluding carboxylic acids is 2. The zero-order chi connectivity index (χ0) is 24.8. The number of benzene rings is 1. The summed E-state index contributed by atoms with van der Waals surface area (Å²) < 4.78 is 128. The fourth-order valence-electron chi connectivity index (χ4n) is 1.62. The molecule has 0 saturated heterocycles. The summed E-state index contributed by atoms with van der Waals surface area (Å²) in [6.07, 6.45) is 0. The van der Waals surface area contributed by atoms with Crippen molar-refractivity contribution in [3.63, 3.8) is 0 Å². The van der Waals surface area contributed by atoms with Gasteiger partial charge in [0.05, 0.1) is 0 Å². The maximum Gasteiger partial charge on any atom is 0.465 e. The van der Waals surface area contributed by atoms with Crippen molar-refractivity contribution in [1.82, 2.24) is 0 Å². The molecule has 18 heteroatoms. The Balaban J connectivity index is 2.46. The molecule has 0 aliphatic rings. The molecule has 0 amide bonds. The summed E-state index contributed by atoms with van der Waals surface area (Å²) in [6, 6.07) is 5.19. The number of halogens is 4. The van der Waals surface area contributed by atoms with Gasteiger partial charge in [0.1, 0.15) is 37.9 Å². The zero-order valence-corrected chi connectivity index (χ0v) is 17.1. The molecule has 12 nitrogen and oxygen atoms in total. The molecule has 0 atom stereocenters. The van der Waals surface area contributed by atoms with Gasteiger partial charge in [-0.2, -0.15) is 34.4 Å². The van der Waals surface area contributed by atoms with Crippen LogP contribution in [0.5, 0.6) is 11.5 Å². The van der Waals surface area contributed by atoms with Crippen molar-refractivity contribution in [2.45, 2.75) is 10.5 Å². The number of hydrogen-bond acceptors (Lipinski definition) is 10. The molecule has 0 unspecified atom stereocenters. The number of rotatable bonds is 12. The van der Waals surface area contributed by atoms with E-state index in [1.165, 1.54) is 24.3 Å². The highest BCUT2D eigenvalue weighted by Crippen LogP contribution is 2.23. The Morgan fingerprint density at radius 2 is 1.09 bits per heavy atom. The van der Waals surface area contributed by atoms with Gasteiger partial charge >= 0.3 is 42.7 Å². The number of hydrogen-bond donors (Lipinski definition) is 2. The van der Waals surface area contributed by atoms with Gasteiger partial charge in [0, 0.05) is 6.07 Å². The molecule has 2 N–H and O–H groups in total. The molecule has 0 heterocycles. The lowest BCUT2D eigenvalue weighted by Gasteiger charge is -2.13. The van der Waals surface area contributed by atoms with Crippen LogP contribution in [0.1, 0.15) is 0 Å². The first kappa shape index (κ1) is 27.3. The summed E-state index contributed by atoms with van der Waals surface area (Å²) in [5.41, 5.74) is 0. The second-order valence-corrected chi connectivity index (χ2v) is 8.35. The van der Waals surface area contributed by atoms with Crippen LogP contribution in [0, 0.1) is 0 Å². The number of ether oxygens (including phenoxy) is 4. The zero-order valence-electron chi connectivity index (χ0n) is 15.4. The van der Waals surface area contributed by atoms with Crippen LogP contribution in [0.3, 0.4) is 0 Å². The third-order valence-corrected chi connectivity index (χ3v) is 4.73. The van der Waals surface area contributed by atoms with Crippen LogP contribution in [0.4, 0.5) is 17.6 Å². The van der Waals surface area contributed by atoms with E-state index in [9.17, 15) is 44.0 Å². The Labute approximate surface area is 177 Å². The second-order valence-electron chi connectivity index (χ2n) is 5.43. The van der Waals surface area contributed by atoms with Crippen LogP contribution in [0.15, 0.2) is 24.3 Å². The van der Waals surface area contributed by atoms with Crippen molar-refractivity contribution < 1.29 is 72.0 Å². The highest BCUT2D eigenvalue weighted by atomic mass is 32.2. The van der Waals surface area contributed by atoms with E-state index < -0.39 is 69.1 Å². The van der Waals surface area contributed by atoms with Gasteiger partial charge < -0.3 is 18.9 Å². The molecule has 0 aliphatic carbocycles. The largest absolute Gasteiger partial charge is 0.490 e. The standard InChI is InChI=1S/C14H14F4O12S2/c15-13(16,31(21,22)23)11(19)29-6-4-27-9-2-1-3-10(8-9)28-5-7-30-12(20)14(17,18)32(24,25)26/h1-3,8H,4-7H2,(H,21,22,23)(H,24,25,26). The van der Waals surface area contributed by atoms with Crippen molar-refractivity contribution in [3.05, 3.63) is 24.3 Å². The van der Waals surface area contributed by atoms with E-state index in [1.54, 1.807) is 0 Å². The lowest BCUT2D eigenvalue weighted by Crippen LogP contribution is -2.39. The van der Waals surface area contributed by atoms with E-state index in [2.05, 4.69) is 9.47 Å². The summed E-state index contributed by atoms with van der Waals surface area (Å²) in [5, 5.41) is -10.3. The Hall–Kier alpha value is -2.70. The highest BCUT2D eigenvalue weighted by Gasteiger charge is 2.54. The van der Waals surface area contributed by atoms with Gasteiger partial charge in [-0.25, -0.2) is 9.59 Å². The smallest absolute Gasteiger partial charge is 0.465 e. The van der Waals surface area contributed by atoms with Crippen molar-refractivity contribution >= 4 is 32.2 Å². The number of carbonyl (C=O) groups is 2. The van der Waals surface area contributed by atoms with Crippen LogP contribution < -0.4 is 9.47 Å². The summed E-state index contributed by atoms with van der Waals surface area (Å²) in [4.78, 5) is 21.9. The predicted octanol–water partition coefficient (Wildman–Crippen LogP) is 0.492. The molecule has 0 bridgehead atoms. The van der Waals surface area contributed by atoms with E-state index in [0.717, 1.165) is 0 Å². The first-order chi connectivity index (χ1) is 14.5. The van der Waals surface area contributed by atoms with Gasteiger partial charge in [0.2, 0.25) is 0 Å². The van der Waals surface area contributed by atoms with Crippen molar-refractivity contribution in [2.24, 2.45) is 0 Å². The van der Waals surface area contributed by atoms with Crippen LogP contribution in [-0.2, 0) is 39.3 Å². The summed E-state index contributed by atoms with van der Waals surface area (Å²) in [6.45, 7) is -2.71. The fourth-order valence-corrected chi connectivity index (χ4v) is 2.16. The minimum Gasteiger partial charge on any atom is -0.490 e. The Morgan fingerprint density at radius 3 is 1.41 bits per heavy atom.